The highest BCUT2D eigenvalue weighted by atomic mass is 16.4. The van der Waals surface area contributed by atoms with E-state index in [0.717, 1.165) is 11.4 Å². The fourth-order valence-corrected chi connectivity index (χ4v) is 2.75. The van der Waals surface area contributed by atoms with Crippen LogP contribution in [0.5, 0.6) is 0 Å². The second-order valence-corrected chi connectivity index (χ2v) is 5.31. The van der Waals surface area contributed by atoms with Crippen LogP contribution in [-0.4, -0.2) is 49.9 Å². The van der Waals surface area contributed by atoms with Crippen LogP contribution in [0.25, 0.3) is 0 Å². The Morgan fingerprint density at radius 2 is 2.00 bits per heavy atom. The molecule has 7 heteroatoms. The fourth-order valence-electron chi connectivity index (χ4n) is 2.75. The smallest absolute Gasteiger partial charge is 0.308 e. The van der Waals surface area contributed by atoms with Crippen molar-refractivity contribution in [2.45, 2.75) is 19.9 Å². The molecular weight excluding hydrogens is 262 g/mol. The first-order valence-corrected chi connectivity index (χ1v) is 6.56. The third kappa shape index (κ3) is 2.98. The van der Waals surface area contributed by atoms with Gasteiger partial charge in [0, 0.05) is 20.1 Å². The largest absolute Gasteiger partial charge is 0.481 e. The van der Waals surface area contributed by atoms with Gasteiger partial charge in [-0.3, -0.25) is 19.2 Å². The van der Waals surface area contributed by atoms with Crippen molar-refractivity contribution in [2.24, 2.45) is 18.9 Å². The molecule has 1 aromatic heterocycles. The van der Waals surface area contributed by atoms with Crippen molar-refractivity contribution in [1.29, 1.82) is 0 Å². The highest BCUT2D eigenvalue weighted by molar-refractivity contribution is 5.80. The van der Waals surface area contributed by atoms with Crippen molar-refractivity contribution in [3.8, 4) is 0 Å². The molecule has 2 heterocycles. The third-order valence-electron chi connectivity index (χ3n) is 3.82. The number of aromatic nitrogens is 2. The molecule has 1 fully saturated rings. The molecule has 1 aromatic rings. The molecular formula is C13H19N3O4. The van der Waals surface area contributed by atoms with Gasteiger partial charge in [-0.25, -0.2) is 0 Å². The zero-order valence-electron chi connectivity index (χ0n) is 11.6. The summed E-state index contributed by atoms with van der Waals surface area (Å²) in [5.74, 6) is -3.70. The summed E-state index contributed by atoms with van der Waals surface area (Å²) in [7, 11) is 1.85. The van der Waals surface area contributed by atoms with E-state index < -0.39 is 23.8 Å². The van der Waals surface area contributed by atoms with Gasteiger partial charge in [0.2, 0.25) is 0 Å². The summed E-state index contributed by atoms with van der Waals surface area (Å²) in [6.07, 6.45) is 0.364. The Kier molecular flexibility index (Phi) is 4.08. The van der Waals surface area contributed by atoms with Crippen molar-refractivity contribution in [2.75, 3.05) is 13.1 Å². The van der Waals surface area contributed by atoms with Crippen molar-refractivity contribution in [3.63, 3.8) is 0 Å². The van der Waals surface area contributed by atoms with Gasteiger partial charge in [0.15, 0.2) is 0 Å². The minimum absolute atomic E-state index is 0.260. The summed E-state index contributed by atoms with van der Waals surface area (Å²) in [6, 6.07) is 1.96. The Bertz CT molecular complexity index is 526. The zero-order valence-corrected chi connectivity index (χ0v) is 11.6. The Hall–Kier alpha value is -1.89. The molecule has 1 aliphatic heterocycles. The van der Waals surface area contributed by atoms with E-state index in [-0.39, 0.29) is 6.54 Å². The van der Waals surface area contributed by atoms with Crippen LogP contribution in [0.3, 0.4) is 0 Å². The van der Waals surface area contributed by atoms with E-state index >= 15 is 0 Å². The number of aliphatic carboxylic acids is 2. The molecule has 1 aliphatic rings. The first kappa shape index (κ1) is 14.5. The summed E-state index contributed by atoms with van der Waals surface area (Å²) in [5, 5.41) is 22.5. The predicted octanol–water partition coefficient (Wildman–Crippen LogP) is 0.336. The molecule has 2 rings (SSSR count). The maximum absolute atomic E-state index is 11.2. The van der Waals surface area contributed by atoms with E-state index in [9.17, 15) is 14.7 Å². The minimum Gasteiger partial charge on any atom is -0.481 e. The number of nitrogens with zero attached hydrogens (tertiary/aromatic N) is 3. The summed E-state index contributed by atoms with van der Waals surface area (Å²) in [5.41, 5.74) is 1.91. The summed E-state index contributed by atoms with van der Waals surface area (Å²) in [4.78, 5) is 24.3. The molecule has 0 aliphatic carbocycles. The van der Waals surface area contributed by atoms with Gasteiger partial charge in [-0.2, -0.15) is 5.10 Å². The van der Waals surface area contributed by atoms with Crippen LogP contribution in [0, 0.1) is 18.8 Å². The second kappa shape index (κ2) is 5.62. The highest BCUT2D eigenvalue weighted by Gasteiger charge is 2.38. The van der Waals surface area contributed by atoms with E-state index in [1.54, 1.807) is 4.68 Å². The molecule has 2 unspecified atom stereocenters. The molecule has 110 valence electrons. The summed E-state index contributed by atoms with van der Waals surface area (Å²) >= 11 is 0. The predicted molar refractivity (Wildman–Crippen MR) is 70.1 cm³/mol. The van der Waals surface area contributed by atoms with Crippen LogP contribution in [0.4, 0.5) is 0 Å². The number of hydrogen-bond donors (Lipinski definition) is 2. The Morgan fingerprint density at radius 3 is 2.50 bits per heavy atom. The van der Waals surface area contributed by atoms with Gasteiger partial charge in [0.05, 0.1) is 23.2 Å². The standard InChI is InChI=1S/C13H19N3O4/c1-8-5-9(15(2)14-8)6-16-4-3-10(12(17)18)11(7-16)13(19)20/h5,10-11H,3-4,6-7H2,1-2H3,(H,17,18)(H,19,20). The van der Waals surface area contributed by atoms with Crippen molar-refractivity contribution in [3.05, 3.63) is 17.5 Å². The third-order valence-corrected chi connectivity index (χ3v) is 3.82. The summed E-state index contributed by atoms with van der Waals surface area (Å²) in [6.45, 7) is 3.34. The number of rotatable bonds is 4. The van der Waals surface area contributed by atoms with Gasteiger partial charge >= 0.3 is 11.9 Å². The van der Waals surface area contributed by atoms with E-state index in [1.165, 1.54) is 0 Å². The van der Waals surface area contributed by atoms with Gasteiger partial charge in [-0.1, -0.05) is 0 Å². The number of carboxylic acids is 2. The van der Waals surface area contributed by atoms with Gasteiger partial charge in [-0.05, 0) is 26.0 Å². The van der Waals surface area contributed by atoms with E-state index in [4.69, 9.17) is 5.11 Å². The number of piperidine rings is 1. The van der Waals surface area contributed by atoms with Gasteiger partial charge in [0.25, 0.3) is 0 Å². The Morgan fingerprint density at radius 1 is 1.35 bits per heavy atom. The minimum atomic E-state index is -1.04. The first-order chi connectivity index (χ1) is 9.38. The molecule has 2 atom stereocenters. The lowest BCUT2D eigenvalue weighted by atomic mass is 9.85. The highest BCUT2D eigenvalue weighted by Crippen LogP contribution is 2.25. The Labute approximate surface area is 116 Å². The molecule has 0 saturated carbocycles. The van der Waals surface area contributed by atoms with E-state index in [1.807, 2.05) is 24.9 Å². The molecule has 0 bridgehead atoms. The zero-order chi connectivity index (χ0) is 14.9. The van der Waals surface area contributed by atoms with Crippen molar-refractivity contribution >= 4 is 11.9 Å². The molecule has 2 N–H and O–H groups in total. The second-order valence-electron chi connectivity index (χ2n) is 5.31. The molecule has 0 aromatic carbocycles. The lowest BCUT2D eigenvalue weighted by Crippen LogP contribution is -2.46. The molecule has 0 amide bonds. The molecule has 7 nitrogen and oxygen atoms in total. The van der Waals surface area contributed by atoms with Crippen molar-refractivity contribution < 1.29 is 19.8 Å². The number of aryl methyl sites for hydroxylation is 2. The fraction of sp³-hybridized carbons (Fsp3) is 0.615. The number of carboxylic acid groups (broad SMARTS) is 2. The SMILES string of the molecule is Cc1cc(CN2CCC(C(=O)O)C(C(=O)O)C2)n(C)n1. The lowest BCUT2D eigenvalue weighted by Gasteiger charge is -2.34. The Balaban J connectivity index is 2.07. The van der Waals surface area contributed by atoms with Gasteiger partial charge < -0.3 is 10.2 Å². The van der Waals surface area contributed by atoms with Gasteiger partial charge in [-0.15, -0.1) is 0 Å². The maximum atomic E-state index is 11.2. The molecule has 20 heavy (non-hydrogen) atoms. The molecule has 1 saturated heterocycles. The molecule has 0 radical (unpaired) electrons. The topological polar surface area (TPSA) is 95.7 Å². The lowest BCUT2D eigenvalue weighted by molar-refractivity contribution is -0.157. The van der Waals surface area contributed by atoms with E-state index in [0.29, 0.717) is 19.5 Å². The first-order valence-electron chi connectivity index (χ1n) is 6.56. The van der Waals surface area contributed by atoms with Crippen molar-refractivity contribution in [1.82, 2.24) is 14.7 Å². The number of carbonyl (C=O) groups is 2. The summed E-state index contributed by atoms with van der Waals surface area (Å²) < 4.78 is 1.77. The van der Waals surface area contributed by atoms with Crippen LogP contribution in [-0.2, 0) is 23.2 Å². The van der Waals surface area contributed by atoms with Crippen LogP contribution in [0.15, 0.2) is 6.07 Å². The van der Waals surface area contributed by atoms with Crippen LogP contribution in [0.1, 0.15) is 17.8 Å². The normalized spacial score (nSPS) is 23.7. The number of hydrogen-bond acceptors (Lipinski definition) is 4. The average molecular weight is 281 g/mol. The monoisotopic (exact) mass is 281 g/mol. The quantitative estimate of drug-likeness (QED) is 0.826. The van der Waals surface area contributed by atoms with E-state index in [2.05, 4.69) is 5.10 Å². The average Bonchev–Trinajstić information content (AvgIpc) is 2.67. The van der Waals surface area contributed by atoms with Gasteiger partial charge in [0.1, 0.15) is 0 Å². The van der Waals surface area contributed by atoms with Crippen LogP contribution >= 0.6 is 0 Å². The van der Waals surface area contributed by atoms with Crippen LogP contribution < -0.4 is 0 Å². The maximum Gasteiger partial charge on any atom is 0.308 e. The van der Waals surface area contributed by atoms with Crippen LogP contribution in [0.2, 0.25) is 0 Å². The molecule has 0 spiro atoms. The number of likely N-dealkylation sites (tertiary alicyclic amines) is 1.